The van der Waals surface area contributed by atoms with Crippen LogP contribution in [-0.4, -0.2) is 20.2 Å². The standard InChI is InChI=1S/C16H24N2O4S/c1-4-5-12(2)10-16(20)18-23(21,22)15-8-6-14(7-9-15)11-17-13(3)19/h6-9,12H,4-5,10-11H2,1-3H3,(H,17,19)(H,18,20)/t12-/m1/s1. The van der Waals surface area contributed by atoms with Crippen molar-refractivity contribution < 1.29 is 18.0 Å². The van der Waals surface area contributed by atoms with Crippen molar-refractivity contribution in [3.63, 3.8) is 0 Å². The predicted octanol–water partition coefficient (Wildman–Crippen LogP) is 1.95. The van der Waals surface area contributed by atoms with Crippen LogP contribution in [0.1, 0.15) is 45.6 Å². The summed E-state index contributed by atoms with van der Waals surface area (Å²) in [7, 11) is -3.85. The van der Waals surface area contributed by atoms with Crippen LogP contribution in [0.25, 0.3) is 0 Å². The number of benzene rings is 1. The summed E-state index contributed by atoms with van der Waals surface area (Å²) in [5, 5.41) is 2.63. The van der Waals surface area contributed by atoms with E-state index in [1.807, 2.05) is 13.8 Å². The van der Waals surface area contributed by atoms with Gasteiger partial charge in [0, 0.05) is 19.9 Å². The van der Waals surface area contributed by atoms with Crippen LogP contribution in [0.5, 0.6) is 0 Å². The molecular formula is C16H24N2O4S. The van der Waals surface area contributed by atoms with Crippen molar-refractivity contribution in [3.05, 3.63) is 29.8 Å². The van der Waals surface area contributed by atoms with E-state index in [1.165, 1.54) is 19.1 Å². The Balaban J connectivity index is 2.69. The average Bonchev–Trinajstić information content (AvgIpc) is 2.45. The Bertz CT molecular complexity index is 639. The SMILES string of the molecule is CCC[C@@H](C)CC(=O)NS(=O)(=O)c1ccc(CNC(C)=O)cc1. The Morgan fingerprint density at radius 3 is 2.30 bits per heavy atom. The molecular weight excluding hydrogens is 316 g/mol. The number of carbonyl (C=O) groups excluding carboxylic acids is 2. The van der Waals surface area contributed by atoms with Gasteiger partial charge in [-0.1, -0.05) is 38.8 Å². The molecule has 0 aliphatic rings. The molecule has 128 valence electrons. The predicted molar refractivity (Wildman–Crippen MR) is 88.0 cm³/mol. The van der Waals surface area contributed by atoms with Crippen LogP contribution >= 0.6 is 0 Å². The van der Waals surface area contributed by atoms with Gasteiger partial charge in [-0.15, -0.1) is 0 Å². The third-order valence-corrected chi connectivity index (χ3v) is 4.73. The van der Waals surface area contributed by atoms with E-state index in [9.17, 15) is 18.0 Å². The van der Waals surface area contributed by atoms with Gasteiger partial charge in [-0.25, -0.2) is 13.1 Å². The van der Waals surface area contributed by atoms with E-state index >= 15 is 0 Å². The summed E-state index contributed by atoms with van der Waals surface area (Å²) in [4.78, 5) is 22.7. The number of hydrogen-bond donors (Lipinski definition) is 2. The second kappa shape index (κ2) is 8.67. The number of sulfonamides is 1. The molecule has 0 aliphatic heterocycles. The van der Waals surface area contributed by atoms with E-state index in [1.54, 1.807) is 12.1 Å². The quantitative estimate of drug-likeness (QED) is 0.756. The van der Waals surface area contributed by atoms with Gasteiger partial charge in [-0.3, -0.25) is 9.59 Å². The molecule has 7 heteroatoms. The van der Waals surface area contributed by atoms with Gasteiger partial charge in [0.1, 0.15) is 0 Å². The van der Waals surface area contributed by atoms with Gasteiger partial charge in [0.15, 0.2) is 0 Å². The summed E-state index contributed by atoms with van der Waals surface area (Å²) < 4.78 is 26.4. The molecule has 2 N–H and O–H groups in total. The Hall–Kier alpha value is -1.89. The zero-order valence-corrected chi connectivity index (χ0v) is 14.6. The van der Waals surface area contributed by atoms with E-state index in [0.717, 1.165) is 18.4 Å². The molecule has 1 atom stereocenters. The summed E-state index contributed by atoms with van der Waals surface area (Å²) in [6.07, 6.45) is 2.02. The molecule has 0 bridgehead atoms. The molecule has 0 spiro atoms. The molecule has 1 rings (SSSR count). The minimum absolute atomic E-state index is 0.0283. The number of rotatable bonds is 8. The van der Waals surface area contributed by atoms with Crippen molar-refractivity contribution in [1.29, 1.82) is 0 Å². The molecule has 0 aromatic heterocycles. The first-order valence-electron chi connectivity index (χ1n) is 7.63. The normalized spacial score (nSPS) is 12.5. The highest BCUT2D eigenvalue weighted by atomic mass is 32.2. The van der Waals surface area contributed by atoms with E-state index < -0.39 is 15.9 Å². The summed E-state index contributed by atoms with van der Waals surface area (Å²) in [6, 6.07) is 6.05. The van der Waals surface area contributed by atoms with E-state index in [0.29, 0.717) is 6.54 Å². The third-order valence-electron chi connectivity index (χ3n) is 3.34. The minimum atomic E-state index is -3.85. The Kier molecular flexibility index (Phi) is 7.22. The Labute approximate surface area is 137 Å². The maximum Gasteiger partial charge on any atom is 0.264 e. The highest BCUT2D eigenvalue weighted by Gasteiger charge is 2.18. The summed E-state index contributed by atoms with van der Waals surface area (Å²) >= 11 is 0. The summed E-state index contributed by atoms with van der Waals surface area (Å²) in [5.41, 5.74) is 0.780. The smallest absolute Gasteiger partial charge is 0.264 e. The molecule has 0 unspecified atom stereocenters. The largest absolute Gasteiger partial charge is 0.352 e. The molecule has 1 aromatic carbocycles. The van der Waals surface area contributed by atoms with Crippen LogP contribution in [0, 0.1) is 5.92 Å². The molecule has 0 heterocycles. The van der Waals surface area contributed by atoms with Gasteiger partial charge < -0.3 is 5.32 Å². The first kappa shape index (κ1) is 19.2. The molecule has 1 aromatic rings. The third kappa shape index (κ3) is 6.81. The van der Waals surface area contributed by atoms with Gasteiger partial charge in [-0.05, 0) is 23.6 Å². The Morgan fingerprint density at radius 1 is 1.17 bits per heavy atom. The van der Waals surface area contributed by atoms with Crippen molar-refractivity contribution in [2.24, 2.45) is 5.92 Å². The first-order valence-corrected chi connectivity index (χ1v) is 9.12. The van der Waals surface area contributed by atoms with Gasteiger partial charge in [-0.2, -0.15) is 0 Å². The zero-order valence-electron chi connectivity index (χ0n) is 13.8. The van der Waals surface area contributed by atoms with Crippen molar-refractivity contribution in [2.75, 3.05) is 0 Å². The van der Waals surface area contributed by atoms with Crippen molar-refractivity contribution >= 4 is 21.8 Å². The summed E-state index contributed by atoms with van der Waals surface area (Å²) in [5.74, 6) is -0.501. The molecule has 2 amide bonds. The molecule has 0 saturated carbocycles. The lowest BCUT2D eigenvalue weighted by Gasteiger charge is -2.11. The lowest BCUT2D eigenvalue weighted by molar-refractivity contribution is -0.120. The van der Waals surface area contributed by atoms with Crippen LogP contribution in [-0.2, 0) is 26.2 Å². The highest BCUT2D eigenvalue weighted by molar-refractivity contribution is 7.90. The van der Waals surface area contributed by atoms with Gasteiger partial charge in [0.2, 0.25) is 11.8 Å². The maximum absolute atomic E-state index is 12.2. The van der Waals surface area contributed by atoms with Crippen molar-refractivity contribution in [3.8, 4) is 0 Å². The summed E-state index contributed by atoms with van der Waals surface area (Å²) in [6.45, 7) is 5.69. The van der Waals surface area contributed by atoms with E-state index in [-0.39, 0.29) is 23.1 Å². The van der Waals surface area contributed by atoms with Gasteiger partial charge in [0.05, 0.1) is 4.90 Å². The van der Waals surface area contributed by atoms with Crippen LogP contribution in [0.4, 0.5) is 0 Å². The molecule has 0 aliphatic carbocycles. The van der Waals surface area contributed by atoms with Crippen molar-refractivity contribution in [1.82, 2.24) is 10.0 Å². The number of carbonyl (C=O) groups is 2. The van der Waals surface area contributed by atoms with Gasteiger partial charge in [0.25, 0.3) is 10.0 Å². The van der Waals surface area contributed by atoms with Crippen LogP contribution in [0.3, 0.4) is 0 Å². The lowest BCUT2D eigenvalue weighted by atomic mass is 10.0. The second-order valence-corrected chi connectivity index (χ2v) is 7.36. The van der Waals surface area contributed by atoms with E-state index in [4.69, 9.17) is 0 Å². The fourth-order valence-corrected chi connectivity index (χ4v) is 3.17. The lowest BCUT2D eigenvalue weighted by Crippen LogP contribution is -2.31. The number of amides is 2. The van der Waals surface area contributed by atoms with Crippen LogP contribution in [0.15, 0.2) is 29.2 Å². The topological polar surface area (TPSA) is 92.3 Å². The highest BCUT2D eigenvalue weighted by Crippen LogP contribution is 2.13. The Morgan fingerprint density at radius 2 is 1.78 bits per heavy atom. The maximum atomic E-state index is 12.2. The van der Waals surface area contributed by atoms with Crippen LogP contribution < -0.4 is 10.0 Å². The molecule has 23 heavy (non-hydrogen) atoms. The fraction of sp³-hybridized carbons (Fsp3) is 0.500. The van der Waals surface area contributed by atoms with Crippen LogP contribution in [0.2, 0.25) is 0 Å². The molecule has 0 radical (unpaired) electrons. The second-order valence-electron chi connectivity index (χ2n) is 5.68. The number of nitrogens with one attached hydrogen (secondary N) is 2. The first-order chi connectivity index (χ1) is 10.7. The molecule has 6 nitrogen and oxygen atoms in total. The fourth-order valence-electron chi connectivity index (χ4n) is 2.17. The molecule has 0 saturated heterocycles. The van der Waals surface area contributed by atoms with Gasteiger partial charge >= 0.3 is 0 Å². The number of hydrogen-bond acceptors (Lipinski definition) is 4. The minimum Gasteiger partial charge on any atom is -0.352 e. The average molecular weight is 340 g/mol. The molecule has 0 fully saturated rings. The van der Waals surface area contributed by atoms with E-state index in [2.05, 4.69) is 10.0 Å². The zero-order chi connectivity index (χ0) is 17.5. The monoisotopic (exact) mass is 340 g/mol. The van der Waals surface area contributed by atoms with Crippen molar-refractivity contribution in [2.45, 2.75) is 51.5 Å².